The molecule has 5 aromatic rings. The molecule has 176 valence electrons. The van der Waals surface area contributed by atoms with Crippen LogP contribution in [-0.2, 0) is 13.0 Å². The van der Waals surface area contributed by atoms with Crippen LogP contribution in [0.4, 0.5) is 0 Å². The molecule has 2 heterocycles. The molecule has 0 fully saturated rings. The highest BCUT2D eigenvalue weighted by atomic mass is 16.5. The Morgan fingerprint density at radius 2 is 1.63 bits per heavy atom. The molecule has 0 aliphatic heterocycles. The second-order valence-corrected chi connectivity index (χ2v) is 7.93. The Morgan fingerprint density at radius 1 is 0.829 bits per heavy atom. The van der Waals surface area contributed by atoms with Gasteiger partial charge in [-0.2, -0.15) is 5.21 Å². The third-order valence-corrected chi connectivity index (χ3v) is 5.85. The number of ether oxygens (including phenoxy) is 3. The first-order valence-electron chi connectivity index (χ1n) is 11.3. The normalized spacial score (nSPS) is 10.9. The number of tetrazole rings is 1. The molecular weight excluding hydrogens is 442 g/mol. The average molecular weight is 468 g/mol. The smallest absolute Gasteiger partial charge is 0.205 e. The number of fused-ring (bicyclic) bond motifs is 1. The van der Waals surface area contributed by atoms with E-state index < -0.39 is 0 Å². The number of hydrogen-bond acceptors (Lipinski definition) is 7. The monoisotopic (exact) mass is 467 g/mol. The van der Waals surface area contributed by atoms with E-state index in [0.29, 0.717) is 35.2 Å². The van der Waals surface area contributed by atoms with Crippen molar-refractivity contribution >= 4 is 10.9 Å². The number of aromatic nitrogens is 5. The van der Waals surface area contributed by atoms with Gasteiger partial charge in [0.05, 0.1) is 19.6 Å². The second kappa shape index (κ2) is 9.80. The minimum Gasteiger partial charge on any atom is -0.496 e. The number of nitrogens with zero attached hydrogens (tertiary/aromatic N) is 4. The zero-order chi connectivity index (χ0) is 24.2. The Labute approximate surface area is 202 Å². The molecule has 0 bridgehead atoms. The van der Waals surface area contributed by atoms with Gasteiger partial charge in [0.1, 0.15) is 29.4 Å². The molecule has 3 aromatic carbocycles. The summed E-state index contributed by atoms with van der Waals surface area (Å²) in [4.78, 5) is 4.77. The van der Waals surface area contributed by atoms with Crippen molar-refractivity contribution in [2.75, 3.05) is 14.2 Å². The van der Waals surface area contributed by atoms with Crippen molar-refractivity contribution in [1.82, 2.24) is 25.6 Å². The SMILES string of the molecule is CCc1cc(OCc2ccc(-c3ccccc3)c(-c3nn[nH]n3)c2)c2c(OC)ccc(OC)c2n1. The van der Waals surface area contributed by atoms with Crippen LogP contribution in [0.5, 0.6) is 17.2 Å². The van der Waals surface area contributed by atoms with Gasteiger partial charge in [0.25, 0.3) is 0 Å². The second-order valence-electron chi connectivity index (χ2n) is 7.93. The third-order valence-electron chi connectivity index (χ3n) is 5.85. The van der Waals surface area contributed by atoms with Gasteiger partial charge in [-0.1, -0.05) is 49.4 Å². The molecule has 0 unspecified atom stereocenters. The number of aromatic amines is 1. The van der Waals surface area contributed by atoms with E-state index in [2.05, 4.69) is 45.7 Å². The van der Waals surface area contributed by atoms with E-state index in [1.165, 1.54) is 0 Å². The summed E-state index contributed by atoms with van der Waals surface area (Å²) < 4.78 is 17.6. The number of nitrogens with one attached hydrogen (secondary N) is 1. The van der Waals surface area contributed by atoms with Gasteiger partial charge < -0.3 is 14.2 Å². The molecule has 0 spiro atoms. The van der Waals surface area contributed by atoms with Crippen LogP contribution >= 0.6 is 0 Å². The van der Waals surface area contributed by atoms with Gasteiger partial charge in [0, 0.05) is 17.3 Å². The molecule has 0 saturated carbocycles. The maximum atomic E-state index is 6.37. The van der Waals surface area contributed by atoms with Crippen molar-refractivity contribution in [1.29, 1.82) is 0 Å². The number of rotatable bonds is 8. The Hall–Kier alpha value is -4.46. The molecular formula is C27H25N5O3. The van der Waals surface area contributed by atoms with E-state index in [-0.39, 0.29) is 0 Å². The summed E-state index contributed by atoms with van der Waals surface area (Å²) in [5.41, 5.74) is 5.56. The topological polar surface area (TPSA) is 95.0 Å². The zero-order valence-electron chi connectivity index (χ0n) is 19.8. The van der Waals surface area contributed by atoms with Crippen molar-refractivity contribution in [3.8, 4) is 39.8 Å². The Balaban J connectivity index is 1.55. The molecule has 1 N–H and O–H groups in total. The van der Waals surface area contributed by atoms with Crippen molar-refractivity contribution in [3.63, 3.8) is 0 Å². The molecule has 0 saturated heterocycles. The molecule has 0 radical (unpaired) electrons. The van der Waals surface area contributed by atoms with Crippen LogP contribution in [0.3, 0.4) is 0 Å². The molecule has 2 aromatic heterocycles. The first kappa shape index (κ1) is 22.3. The molecule has 35 heavy (non-hydrogen) atoms. The lowest BCUT2D eigenvalue weighted by atomic mass is 9.97. The standard InChI is InChI=1S/C27H25N5O3/c1-4-19-15-24(25-22(33-2)12-13-23(34-3)26(25)28-19)35-16-17-10-11-20(18-8-6-5-7-9-18)21(14-17)27-29-31-32-30-27/h5-15H,4,16H2,1-3H3,(H,29,30,31,32). The van der Waals surface area contributed by atoms with Gasteiger partial charge in [-0.15, -0.1) is 10.2 Å². The lowest BCUT2D eigenvalue weighted by Crippen LogP contribution is -2.02. The molecule has 0 aliphatic rings. The average Bonchev–Trinajstić information content (AvgIpc) is 3.46. The van der Waals surface area contributed by atoms with Crippen LogP contribution in [0, 0.1) is 0 Å². The number of H-pyrrole nitrogens is 1. The van der Waals surface area contributed by atoms with Gasteiger partial charge in [0.2, 0.25) is 5.82 Å². The van der Waals surface area contributed by atoms with Gasteiger partial charge in [-0.25, -0.2) is 4.98 Å². The summed E-state index contributed by atoms with van der Waals surface area (Å²) in [5, 5.41) is 15.5. The van der Waals surface area contributed by atoms with Crippen LogP contribution < -0.4 is 14.2 Å². The van der Waals surface area contributed by atoms with Crippen molar-refractivity contribution < 1.29 is 14.2 Å². The molecule has 0 aliphatic carbocycles. The number of benzene rings is 3. The lowest BCUT2D eigenvalue weighted by Gasteiger charge is -2.16. The van der Waals surface area contributed by atoms with Crippen LogP contribution in [-0.4, -0.2) is 39.8 Å². The van der Waals surface area contributed by atoms with E-state index in [4.69, 9.17) is 19.2 Å². The number of aryl methyl sites for hydroxylation is 1. The largest absolute Gasteiger partial charge is 0.496 e. The predicted octanol–water partition coefficient (Wildman–Crippen LogP) is 5.24. The fourth-order valence-electron chi connectivity index (χ4n) is 4.10. The van der Waals surface area contributed by atoms with Crippen LogP contribution in [0.1, 0.15) is 18.2 Å². The predicted molar refractivity (Wildman–Crippen MR) is 134 cm³/mol. The highest BCUT2D eigenvalue weighted by Crippen LogP contribution is 2.39. The van der Waals surface area contributed by atoms with E-state index in [1.54, 1.807) is 14.2 Å². The summed E-state index contributed by atoms with van der Waals surface area (Å²) in [6, 6.07) is 22.0. The number of methoxy groups -OCH3 is 2. The molecule has 5 rings (SSSR count). The van der Waals surface area contributed by atoms with Gasteiger partial charge in [-0.3, -0.25) is 0 Å². The number of pyridine rings is 1. The van der Waals surface area contributed by atoms with Crippen LogP contribution in [0.15, 0.2) is 66.7 Å². The summed E-state index contributed by atoms with van der Waals surface area (Å²) in [6.45, 7) is 2.40. The minimum atomic E-state index is 0.336. The van der Waals surface area contributed by atoms with E-state index >= 15 is 0 Å². The van der Waals surface area contributed by atoms with Crippen LogP contribution in [0.25, 0.3) is 33.4 Å². The highest BCUT2D eigenvalue weighted by molar-refractivity contribution is 5.95. The first-order valence-corrected chi connectivity index (χ1v) is 11.3. The molecule has 8 nitrogen and oxygen atoms in total. The van der Waals surface area contributed by atoms with Gasteiger partial charge in [-0.05, 0) is 46.5 Å². The fourth-order valence-corrected chi connectivity index (χ4v) is 4.10. The van der Waals surface area contributed by atoms with Gasteiger partial charge >= 0.3 is 0 Å². The summed E-state index contributed by atoms with van der Waals surface area (Å²) in [7, 11) is 3.27. The maximum absolute atomic E-state index is 6.37. The van der Waals surface area contributed by atoms with Gasteiger partial charge in [0.15, 0.2) is 0 Å². The molecule has 8 heteroatoms. The zero-order valence-corrected chi connectivity index (χ0v) is 19.8. The summed E-state index contributed by atoms with van der Waals surface area (Å²) in [6.07, 6.45) is 0.764. The van der Waals surface area contributed by atoms with Crippen molar-refractivity contribution in [2.24, 2.45) is 0 Å². The Kier molecular flexibility index (Phi) is 6.26. The lowest BCUT2D eigenvalue weighted by molar-refractivity contribution is 0.308. The quantitative estimate of drug-likeness (QED) is 0.333. The summed E-state index contributed by atoms with van der Waals surface area (Å²) >= 11 is 0. The van der Waals surface area contributed by atoms with E-state index in [9.17, 15) is 0 Å². The fraction of sp³-hybridized carbons (Fsp3) is 0.185. The minimum absolute atomic E-state index is 0.336. The van der Waals surface area contributed by atoms with Crippen molar-refractivity contribution in [3.05, 3.63) is 78.0 Å². The number of hydrogen-bond donors (Lipinski definition) is 1. The molecule has 0 amide bonds. The van der Waals surface area contributed by atoms with Crippen LogP contribution in [0.2, 0.25) is 0 Å². The summed E-state index contributed by atoms with van der Waals surface area (Å²) in [5.74, 6) is 2.57. The Morgan fingerprint density at radius 3 is 2.34 bits per heavy atom. The van der Waals surface area contributed by atoms with E-state index in [0.717, 1.165) is 39.8 Å². The van der Waals surface area contributed by atoms with Crippen molar-refractivity contribution in [2.45, 2.75) is 20.0 Å². The Bertz CT molecular complexity index is 1450. The maximum Gasteiger partial charge on any atom is 0.205 e. The molecule has 0 atom stereocenters. The third kappa shape index (κ3) is 4.38. The van der Waals surface area contributed by atoms with E-state index in [1.807, 2.05) is 48.5 Å². The highest BCUT2D eigenvalue weighted by Gasteiger charge is 2.17. The first-order chi connectivity index (χ1) is 17.2.